The van der Waals surface area contributed by atoms with E-state index in [9.17, 15) is 26.4 Å². The second kappa shape index (κ2) is 7.98. The minimum atomic E-state index is -3.41. The zero-order valence-electron chi connectivity index (χ0n) is 17.7. The third-order valence-electron chi connectivity index (χ3n) is 5.83. The van der Waals surface area contributed by atoms with E-state index < -0.39 is 28.2 Å². The Morgan fingerprint density at radius 3 is 2.50 bits per heavy atom. The molecule has 1 aliphatic rings. The highest BCUT2D eigenvalue weighted by atomic mass is 32.2. The lowest BCUT2D eigenvalue weighted by molar-refractivity contribution is -0.0505. The Balaban J connectivity index is 1.66. The molecule has 0 radical (unpaired) electrons. The highest BCUT2D eigenvalue weighted by Crippen LogP contribution is 2.42. The number of pyridine rings is 1. The Morgan fingerprint density at radius 1 is 1.12 bits per heavy atom. The lowest BCUT2D eigenvalue weighted by Crippen LogP contribution is -2.08. The lowest BCUT2D eigenvalue weighted by atomic mass is 9.95. The smallest absolute Gasteiger partial charge is 0.387 e. The van der Waals surface area contributed by atoms with E-state index in [0.29, 0.717) is 16.8 Å². The Morgan fingerprint density at radius 2 is 1.82 bits per heavy atom. The summed E-state index contributed by atoms with van der Waals surface area (Å²) in [6, 6.07) is 13.2. The van der Waals surface area contributed by atoms with E-state index in [-0.39, 0.29) is 39.8 Å². The summed E-state index contributed by atoms with van der Waals surface area (Å²) in [6.45, 7) is -3.03. The van der Waals surface area contributed by atoms with Crippen LogP contribution >= 0.6 is 0 Å². The number of halogens is 3. The molecular formula is C24H17F3N2O4S. The first kappa shape index (κ1) is 22.1. The van der Waals surface area contributed by atoms with Gasteiger partial charge in [0.25, 0.3) is 0 Å². The first-order chi connectivity index (χ1) is 16.1. The molecule has 2 heterocycles. The molecule has 1 atom stereocenters. The van der Waals surface area contributed by atoms with E-state index in [0.717, 1.165) is 6.26 Å². The maximum Gasteiger partial charge on any atom is 0.387 e. The number of para-hydroxylation sites is 1. The van der Waals surface area contributed by atoms with Gasteiger partial charge in [-0.2, -0.15) is 8.78 Å². The number of fused-ring (bicyclic) bond motifs is 3. The average Bonchev–Trinajstić information content (AvgIpc) is 3.29. The zero-order valence-corrected chi connectivity index (χ0v) is 18.5. The van der Waals surface area contributed by atoms with E-state index >= 15 is 0 Å². The van der Waals surface area contributed by atoms with Gasteiger partial charge in [0.05, 0.1) is 10.6 Å². The maximum atomic E-state index is 15.0. The SMILES string of the molecule is CS(=O)(=O)c1ccc(-c2cn3c4c(nc3cc2F)C(=O)C[C@H]4c2ccccc2OC(F)F)cc1. The fraction of sp³-hybridized carbons (Fsp3) is 0.167. The van der Waals surface area contributed by atoms with Gasteiger partial charge in [0.1, 0.15) is 22.9 Å². The molecule has 10 heteroatoms. The molecule has 0 saturated heterocycles. The highest BCUT2D eigenvalue weighted by molar-refractivity contribution is 7.90. The molecule has 6 nitrogen and oxygen atoms in total. The van der Waals surface area contributed by atoms with Crippen LogP contribution in [0.4, 0.5) is 13.2 Å². The Hall–Kier alpha value is -3.66. The number of carbonyl (C=O) groups is 1. The summed E-state index contributed by atoms with van der Waals surface area (Å²) in [5.74, 6) is -1.54. The summed E-state index contributed by atoms with van der Waals surface area (Å²) < 4.78 is 70.6. The summed E-state index contributed by atoms with van der Waals surface area (Å²) in [7, 11) is -3.41. The Kier molecular flexibility index (Phi) is 5.20. The van der Waals surface area contributed by atoms with Crippen molar-refractivity contribution in [2.75, 3.05) is 6.26 Å². The second-order valence-electron chi connectivity index (χ2n) is 8.00. The molecule has 2 aromatic heterocycles. The molecule has 4 aromatic rings. The third kappa shape index (κ3) is 3.73. The summed E-state index contributed by atoms with van der Waals surface area (Å²) >= 11 is 0. The van der Waals surface area contributed by atoms with E-state index in [1.54, 1.807) is 22.6 Å². The summed E-state index contributed by atoms with van der Waals surface area (Å²) in [4.78, 5) is 17.1. The number of alkyl halides is 2. The van der Waals surface area contributed by atoms with Crippen LogP contribution in [0.1, 0.15) is 34.1 Å². The number of rotatable bonds is 5. The van der Waals surface area contributed by atoms with Crippen LogP contribution in [0.15, 0.2) is 65.7 Å². The van der Waals surface area contributed by atoms with Crippen molar-refractivity contribution in [1.29, 1.82) is 0 Å². The lowest BCUT2D eigenvalue weighted by Gasteiger charge is -2.17. The molecule has 0 spiro atoms. The van der Waals surface area contributed by atoms with Gasteiger partial charge < -0.3 is 9.14 Å². The van der Waals surface area contributed by atoms with Gasteiger partial charge >= 0.3 is 6.61 Å². The first-order valence-electron chi connectivity index (χ1n) is 10.2. The molecule has 0 N–H and O–H groups in total. The van der Waals surface area contributed by atoms with Crippen LogP contribution in [0.3, 0.4) is 0 Å². The van der Waals surface area contributed by atoms with Crippen molar-refractivity contribution in [2.24, 2.45) is 0 Å². The predicted molar refractivity (Wildman–Crippen MR) is 118 cm³/mol. The second-order valence-corrected chi connectivity index (χ2v) is 10.0. The number of benzene rings is 2. The standard InChI is InChI=1S/C24H17F3N2O4S/c1-34(31,32)14-8-6-13(7-9-14)17-12-29-21(11-18(17)25)28-22-19(30)10-16(23(22)29)15-4-2-3-5-20(15)33-24(26)27/h2-9,11-12,16,24H,10H2,1H3/t16-/m0/s1. The van der Waals surface area contributed by atoms with Gasteiger partial charge in [-0.3, -0.25) is 4.79 Å². The number of aromatic nitrogens is 2. The van der Waals surface area contributed by atoms with Crippen LogP contribution in [-0.4, -0.2) is 36.5 Å². The van der Waals surface area contributed by atoms with Gasteiger partial charge in [-0.15, -0.1) is 0 Å². The van der Waals surface area contributed by atoms with Crippen molar-refractivity contribution in [2.45, 2.75) is 23.8 Å². The van der Waals surface area contributed by atoms with Crippen LogP contribution in [0, 0.1) is 5.82 Å². The van der Waals surface area contributed by atoms with Crippen molar-refractivity contribution in [1.82, 2.24) is 9.38 Å². The molecular weight excluding hydrogens is 469 g/mol. The van der Waals surface area contributed by atoms with Crippen LogP contribution < -0.4 is 4.74 Å². The number of carbonyl (C=O) groups excluding carboxylic acids is 1. The zero-order chi connectivity index (χ0) is 24.2. The minimum absolute atomic E-state index is 0.0139. The molecule has 0 bridgehead atoms. The van der Waals surface area contributed by atoms with E-state index in [4.69, 9.17) is 0 Å². The van der Waals surface area contributed by atoms with Crippen molar-refractivity contribution in [3.63, 3.8) is 0 Å². The third-order valence-corrected chi connectivity index (χ3v) is 6.96. The topological polar surface area (TPSA) is 77.7 Å². The highest BCUT2D eigenvalue weighted by Gasteiger charge is 2.37. The van der Waals surface area contributed by atoms with Crippen molar-refractivity contribution >= 4 is 21.3 Å². The van der Waals surface area contributed by atoms with E-state index in [1.165, 1.54) is 42.6 Å². The van der Waals surface area contributed by atoms with Crippen LogP contribution in [-0.2, 0) is 9.84 Å². The van der Waals surface area contributed by atoms with Gasteiger partial charge in [0.15, 0.2) is 15.6 Å². The number of hydrogen-bond acceptors (Lipinski definition) is 5. The van der Waals surface area contributed by atoms with Crippen molar-refractivity contribution in [3.05, 3.63) is 83.6 Å². The van der Waals surface area contributed by atoms with Gasteiger partial charge in [-0.1, -0.05) is 30.3 Å². The number of ketones is 1. The molecule has 0 unspecified atom stereocenters. The summed E-state index contributed by atoms with van der Waals surface area (Å²) in [5, 5.41) is 0. The molecule has 1 aliphatic carbocycles. The molecule has 0 aliphatic heterocycles. The fourth-order valence-corrected chi connectivity index (χ4v) is 4.95. The van der Waals surface area contributed by atoms with Gasteiger partial charge in [-0.25, -0.2) is 17.8 Å². The van der Waals surface area contributed by atoms with E-state index in [2.05, 4.69) is 9.72 Å². The summed E-state index contributed by atoms with van der Waals surface area (Å²) in [6.07, 6.45) is 2.57. The van der Waals surface area contributed by atoms with Gasteiger partial charge in [0.2, 0.25) is 0 Å². The molecule has 0 amide bonds. The Bertz CT molecular complexity index is 1550. The molecule has 0 fully saturated rings. The molecule has 0 saturated carbocycles. The number of ether oxygens (including phenoxy) is 1. The van der Waals surface area contributed by atoms with Gasteiger partial charge in [-0.05, 0) is 23.8 Å². The first-order valence-corrected chi connectivity index (χ1v) is 12.1. The number of imidazole rings is 1. The van der Waals surface area contributed by atoms with Crippen LogP contribution in [0.2, 0.25) is 0 Å². The molecule has 34 heavy (non-hydrogen) atoms. The van der Waals surface area contributed by atoms with Crippen molar-refractivity contribution < 1.29 is 31.1 Å². The average molecular weight is 486 g/mol. The normalized spacial score (nSPS) is 15.8. The molecule has 2 aromatic carbocycles. The van der Waals surface area contributed by atoms with Crippen molar-refractivity contribution in [3.8, 4) is 16.9 Å². The predicted octanol–water partition coefficient (Wildman–Crippen LogP) is 4.86. The monoisotopic (exact) mass is 486 g/mol. The van der Waals surface area contributed by atoms with Crippen LogP contribution in [0.25, 0.3) is 16.8 Å². The quantitative estimate of drug-likeness (QED) is 0.403. The number of Topliss-reactive ketones (excluding diaryl/α,β-unsaturated/α-hetero) is 1. The largest absolute Gasteiger partial charge is 0.435 e. The summed E-state index contributed by atoms with van der Waals surface area (Å²) in [5.41, 5.74) is 1.81. The molecule has 174 valence electrons. The number of sulfone groups is 1. The number of hydrogen-bond donors (Lipinski definition) is 0. The maximum absolute atomic E-state index is 15.0. The van der Waals surface area contributed by atoms with Crippen LogP contribution in [0.5, 0.6) is 5.75 Å². The Labute approximate surface area is 192 Å². The van der Waals surface area contributed by atoms with E-state index in [1.807, 2.05) is 0 Å². The minimum Gasteiger partial charge on any atom is -0.435 e. The van der Waals surface area contributed by atoms with Gasteiger partial charge in [0, 0.05) is 42.0 Å². The molecule has 5 rings (SSSR count). The number of nitrogens with zero attached hydrogens (tertiary/aromatic N) is 2. The fourth-order valence-electron chi connectivity index (χ4n) is 4.32.